The molecule has 1 aromatic rings. The standard InChI is InChI=1S/C10H16N4O4S/c1-14-6-7(5-12-14)8(9(15)16)13-10(17)11-3-4-19(2)18/h5-6,8H,3-4H2,1-2H3,(H,15,16)(H2,11,13,17). The molecule has 1 aromatic heterocycles. The Morgan fingerprint density at radius 2 is 2.26 bits per heavy atom. The Kier molecular flexibility index (Phi) is 5.49. The van der Waals surface area contributed by atoms with Gasteiger partial charge in [0.05, 0.1) is 6.20 Å². The molecule has 0 saturated carbocycles. The van der Waals surface area contributed by atoms with Crippen LogP contribution in [-0.2, 0) is 22.6 Å². The molecular weight excluding hydrogens is 272 g/mol. The third-order valence-corrected chi connectivity index (χ3v) is 3.03. The van der Waals surface area contributed by atoms with Gasteiger partial charge in [0.15, 0.2) is 6.04 Å². The van der Waals surface area contributed by atoms with Crippen LogP contribution in [0.4, 0.5) is 4.79 Å². The van der Waals surface area contributed by atoms with Crippen LogP contribution in [0.5, 0.6) is 0 Å². The van der Waals surface area contributed by atoms with Crippen LogP contribution in [0.25, 0.3) is 0 Å². The highest BCUT2D eigenvalue weighted by Gasteiger charge is 2.23. The first kappa shape index (κ1) is 15.2. The summed E-state index contributed by atoms with van der Waals surface area (Å²) in [6, 6.07) is -1.79. The summed E-state index contributed by atoms with van der Waals surface area (Å²) in [5, 5.41) is 17.7. The number of nitrogens with zero attached hydrogens (tertiary/aromatic N) is 2. The fourth-order valence-corrected chi connectivity index (χ4v) is 1.76. The molecule has 2 atom stereocenters. The molecule has 0 aliphatic heterocycles. The average molecular weight is 288 g/mol. The first-order chi connectivity index (χ1) is 8.90. The van der Waals surface area contributed by atoms with E-state index in [1.165, 1.54) is 23.3 Å². The number of carboxylic acid groups (broad SMARTS) is 1. The molecule has 0 fully saturated rings. The van der Waals surface area contributed by atoms with E-state index >= 15 is 0 Å². The molecule has 0 aromatic carbocycles. The fourth-order valence-electron chi connectivity index (χ4n) is 1.37. The molecule has 0 saturated heterocycles. The first-order valence-corrected chi connectivity index (χ1v) is 7.18. The van der Waals surface area contributed by atoms with Gasteiger partial charge in [-0.15, -0.1) is 0 Å². The minimum absolute atomic E-state index is 0.217. The SMILES string of the molecule is Cn1cc(C(NC(=O)NCCS(C)=O)C(=O)O)cn1. The van der Waals surface area contributed by atoms with Crippen molar-refractivity contribution >= 4 is 22.8 Å². The summed E-state index contributed by atoms with van der Waals surface area (Å²) in [5.74, 6) is -0.861. The number of hydrogen-bond donors (Lipinski definition) is 3. The summed E-state index contributed by atoms with van der Waals surface area (Å²) in [6.45, 7) is 0.217. The number of aliphatic carboxylic acids is 1. The van der Waals surface area contributed by atoms with Gasteiger partial charge in [-0.25, -0.2) is 9.59 Å². The second-order valence-corrected chi connectivity index (χ2v) is 5.45. The van der Waals surface area contributed by atoms with Crippen LogP contribution in [0.15, 0.2) is 12.4 Å². The molecule has 19 heavy (non-hydrogen) atoms. The Hall–Kier alpha value is -1.90. The van der Waals surface area contributed by atoms with Crippen molar-refractivity contribution in [1.82, 2.24) is 20.4 Å². The third kappa shape index (κ3) is 5.08. The number of aromatic nitrogens is 2. The van der Waals surface area contributed by atoms with Gasteiger partial charge in [0.1, 0.15) is 0 Å². The summed E-state index contributed by atoms with van der Waals surface area (Å²) in [6.07, 6.45) is 4.41. The molecule has 3 N–H and O–H groups in total. The predicted octanol–water partition coefficient (Wildman–Crippen LogP) is -0.776. The molecule has 9 heteroatoms. The molecule has 0 bridgehead atoms. The van der Waals surface area contributed by atoms with Crippen LogP contribution >= 0.6 is 0 Å². The van der Waals surface area contributed by atoms with Gasteiger partial charge in [-0.1, -0.05) is 0 Å². The molecular formula is C10H16N4O4S. The smallest absolute Gasteiger partial charge is 0.331 e. The average Bonchev–Trinajstić information content (AvgIpc) is 2.71. The van der Waals surface area contributed by atoms with Crippen molar-refractivity contribution in [2.75, 3.05) is 18.6 Å². The predicted molar refractivity (Wildman–Crippen MR) is 69.1 cm³/mol. The Morgan fingerprint density at radius 3 is 2.74 bits per heavy atom. The van der Waals surface area contributed by atoms with Crippen molar-refractivity contribution in [1.29, 1.82) is 0 Å². The summed E-state index contributed by atoms with van der Waals surface area (Å²) < 4.78 is 12.3. The highest BCUT2D eigenvalue weighted by Crippen LogP contribution is 2.11. The van der Waals surface area contributed by atoms with Crippen LogP contribution < -0.4 is 10.6 Å². The van der Waals surface area contributed by atoms with Crippen molar-refractivity contribution in [3.63, 3.8) is 0 Å². The van der Waals surface area contributed by atoms with Crippen molar-refractivity contribution < 1.29 is 18.9 Å². The molecule has 2 amide bonds. The van der Waals surface area contributed by atoms with Gasteiger partial charge >= 0.3 is 12.0 Å². The molecule has 0 radical (unpaired) electrons. The lowest BCUT2D eigenvalue weighted by atomic mass is 10.1. The maximum absolute atomic E-state index is 11.5. The zero-order valence-electron chi connectivity index (χ0n) is 10.6. The second-order valence-electron chi connectivity index (χ2n) is 3.90. The monoisotopic (exact) mass is 288 g/mol. The lowest BCUT2D eigenvalue weighted by Crippen LogP contribution is -2.42. The normalized spacial score (nSPS) is 13.6. The van der Waals surface area contributed by atoms with Gasteiger partial charge in [0.2, 0.25) is 0 Å². The minimum atomic E-state index is -1.18. The van der Waals surface area contributed by atoms with E-state index in [1.54, 1.807) is 7.05 Å². The number of carbonyl (C=O) groups excluding carboxylic acids is 1. The minimum Gasteiger partial charge on any atom is -0.479 e. The van der Waals surface area contributed by atoms with Crippen molar-refractivity contribution in [2.24, 2.45) is 7.05 Å². The highest BCUT2D eigenvalue weighted by atomic mass is 32.2. The first-order valence-electron chi connectivity index (χ1n) is 5.46. The summed E-state index contributed by atoms with van der Waals surface area (Å²) >= 11 is 0. The summed E-state index contributed by atoms with van der Waals surface area (Å²) in [5.41, 5.74) is 0.379. The number of carbonyl (C=O) groups is 2. The van der Waals surface area contributed by atoms with E-state index in [4.69, 9.17) is 5.11 Å². The zero-order chi connectivity index (χ0) is 14.4. The maximum atomic E-state index is 11.5. The van der Waals surface area contributed by atoms with Crippen molar-refractivity contribution in [2.45, 2.75) is 6.04 Å². The number of urea groups is 1. The van der Waals surface area contributed by atoms with Gasteiger partial charge in [-0.2, -0.15) is 5.10 Å². The van der Waals surface area contributed by atoms with Crippen LogP contribution in [0.1, 0.15) is 11.6 Å². The quantitative estimate of drug-likeness (QED) is 0.635. The molecule has 0 aliphatic carbocycles. The van der Waals surface area contributed by atoms with Crippen molar-refractivity contribution in [3.05, 3.63) is 18.0 Å². The van der Waals surface area contributed by atoms with Crippen LogP contribution in [0, 0.1) is 0 Å². The van der Waals surface area contributed by atoms with Crippen LogP contribution in [0.2, 0.25) is 0 Å². The van der Waals surface area contributed by atoms with Gasteiger partial charge in [-0.3, -0.25) is 8.89 Å². The second kappa shape index (κ2) is 6.88. The molecule has 8 nitrogen and oxygen atoms in total. The number of rotatable bonds is 6. The van der Waals surface area contributed by atoms with E-state index in [0.29, 0.717) is 11.3 Å². The largest absolute Gasteiger partial charge is 0.479 e. The fraction of sp³-hybridized carbons (Fsp3) is 0.500. The number of hydrogen-bond acceptors (Lipinski definition) is 4. The molecule has 106 valence electrons. The Labute approximate surface area is 112 Å². The van der Waals surface area contributed by atoms with Gasteiger partial charge in [-0.05, 0) is 0 Å². The topological polar surface area (TPSA) is 113 Å². The maximum Gasteiger partial charge on any atom is 0.331 e. The van der Waals surface area contributed by atoms with Gasteiger partial charge in [0, 0.05) is 48.2 Å². The molecule has 0 aliphatic rings. The van der Waals surface area contributed by atoms with E-state index in [-0.39, 0.29) is 6.54 Å². The highest BCUT2D eigenvalue weighted by molar-refractivity contribution is 7.84. The number of carboxylic acids is 1. The summed E-state index contributed by atoms with van der Waals surface area (Å²) in [4.78, 5) is 22.6. The lowest BCUT2D eigenvalue weighted by Gasteiger charge is -2.13. The van der Waals surface area contributed by atoms with E-state index in [9.17, 15) is 13.8 Å². The number of nitrogens with one attached hydrogen (secondary N) is 2. The van der Waals surface area contributed by atoms with Gasteiger partial charge in [0.25, 0.3) is 0 Å². The Morgan fingerprint density at radius 1 is 1.58 bits per heavy atom. The van der Waals surface area contributed by atoms with E-state index in [0.717, 1.165) is 0 Å². The van der Waals surface area contributed by atoms with Crippen molar-refractivity contribution in [3.8, 4) is 0 Å². The third-order valence-electron chi connectivity index (χ3n) is 2.26. The molecule has 1 heterocycles. The lowest BCUT2D eigenvalue weighted by molar-refractivity contribution is -0.139. The van der Waals surface area contributed by atoms with E-state index in [1.807, 2.05) is 0 Å². The molecule has 0 spiro atoms. The number of amides is 2. The van der Waals surface area contributed by atoms with E-state index in [2.05, 4.69) is 15.7 Å². The summed E-state index contributed by atoms with van der Waals surface area (Å²) in [7, 11) is 0.644. The van der Waals surface area contributed by atoms with Crippen LogP contribution in [0.3, 0.4) is 0 Å². The van der Waals surface area contributed by atoms with E-state index < -0.39 is 28.8 Å². The molecule has 2 unspecified atom stereocenters. The van der Waals surface area contributed by atoms with Gasteiger partial charge < -0.3 is 15.7 Å². The zero-order valence-corrected chi connectivity index (χ0v) is 11.4. The Balaban J connectivity index is 2.57. The number of aryl methyl sites for hydroxylation is 1. The van der Waals surface area contributed by atoms with Crippen LogP contribution in [-0.4, -0.2) is 49.6 Å². The Bertz CT molecular complexity index is 488. The molecule has 1 rings (SSSR count).